The van der Waals surface area contributed by atoms with Gasteiger partial charge in [0.1, 0.15) is 46.9 Å². The van der Waals surface area contributed by atoms with Crippen LogP contribution in [0.15, 0.2) is 39.5 Å². The van der Waals surface area contributed by atoms with Crippen LogP contribution >= 0.6 is 0 Å². The molecule has 12 heteroatoms. The van der Waals surface area contributed by atoms with Gasteiger partial charge in [-0.1, -0.05) is 0 Å². The second kappa shape index (κ2) is 9.60. The summed E-state index contributed by atoms with van der Waals surface area (Å²) in [5, 5.41) is 69.2. The first kappa shape index (κ1) is 24.6. The highest BCUT2D eigenvalue weighted by Gasteiger charge is 2.44. The van der Waals surface area contributed by atoms with Crippen molar-refractivity contribution in [3.05, 3.63) is 40.6 Å². The van der Waals surface area contributed by atoms with Gasteiger partial charge in [-0.25, -0.2) is 0 Å². The molecule has 1 aliphatic rings. The van der Waals surface area contributed by atoms with Crippen molar-refractivity contribution in [1.82, 2.24) is 0 Å². The molecule has 5 atom stereocenters. The summed E-state index contributed by atoms with van der Waals surface area (Å²) in [6.45, 7) is 1.07. The Morgan fingerprint density at radius 2 is 1.69 bits per heavy atom. The number of phenolic OH excluding ortho intramolecular Hbond substituents is 3. The maximum absolute atomic E-state index is 13.1. The van der Waals surface area contributed by atoms with Crippen molar-refractivity contribution in [3.8, 4) is 40.1 Å². The van der Waals surface area contributed by atoms with Gasteiger partial charge in [-0.2, -0.15) is 0 Å². The van der Waals surface area contributed by atoms with Crippen LogP contribution in [0.5, 0.6) is 28.7 Å². The molecule has 2 heterocycles. The molecule has 1 saturated heterocycles. The van der Waals surface area contributed by atoms with Gasteiger partial charge < -0.3 is 54.4 Å². The van der Waals surface area contributed by atoms with Gasteiger partial charge in [-0.15, -0.1) is 0 Å². The predicted molar refractivity (Wildman–Crippen MR) is 118 cm³/mol. The first-order chi connectivity index (χ1) is 16.7. The van der Waals surface area contributed by atoms with Crippen LogP contribution in [0.4, 0.5) is 0 Å². The summed E-state index contributed by atoms with van der Waals surface area (Å²) < 4.78 is 22.1. The van der Waals surface area contributed by atoms with Crippen LogP contribution in [-0.2, 0) is 4.74 Å². The number of aromatic hydroxyl groups is 3. The molecule has 0 bridgehead atoms. The average molecular weight is 492 g/mol. The standard InChI is InChI=1S/C23H24O12/c1-2-32-22-18(29)16-13(27)6-10(33-23-20(31)19(30)17(28)15(8-24)35-23)7-14(16)34-21(22)9-3-4-11(25)12(26)5-9/h3-7,15,17,19-20,23-28,30-31H,2,8H2,1H3/t15-,17-,19+,20-,23-/m1/s1. The Hall–Kier alpha value is -3.55. The fourth-order valence-corrected chi connectivity index (χ4v) is 3.75. The number of ether oxygens (including phenoxy) is 3. The molecule has 7 N–H and O–H groups in total. The number of benzene rings is 2. The molecule has 188 valence electrons. The van der Waals surface area contributed by atoms with Gasteiger partial charge in [0, 0.05) is 17.7 Å². The summed E-state index contributed by atoms with van der Waals surface area (Å²) in [5.41, 5.74) is -0.671. The van der Waals surface area contributed by atoms with Crippen molar-refractivity contribution in [2.45, 2.75) is 37.6 Å². The third-order valence-electron chi connectivity index (χ3n) is 5.53. The van der Waals surface area contributed by atoms with Crippen LogP contribution < -0.4 is 14.9 Å². The van der Waals surface area contributed by atoms with E-state index in [4.69, 9.17) is 18.6 Å². The molecule has 0 unspecified atom stereocenters. The van der Waals surface area contributed by atoms with Gasteiger partial charge in [0.05, 0.1) is 13.2 Å². The highest BCUT2D eigenvalue weighted by molar-refractivity contribution is 5.88. The minimum atomic E-state index is -1.70. The molecule has 4 rings (SSSR count). The number of rotatable bonds is 6. The minimum Gasteiger partial charge on any atom is -0.507 e. The highest BCUT2D eigenvalue weighted by atomic mass is 16.7. The molecule has 1 fully saturated rings. The lowest BCUT2D eigenvalue weighted by Gasteiger charge is -2.39. The molecule has 0 spiro atoms. The number of aliphatic hydroxyl groups is 4. The monoisotopic (exact) mass is 492 g/mol. The Morgan fingerprint density at radius 3 is 2.34 bits per heavy atom. The molecular formula is C23H24O12. The van der Waals surface area contributed by atoms with E-state index in [0.29, 0.717) is 0 Å². The third-order valence-corrected chi connectivity index (χ3v) is 5.53. The largest absolute Gasteiger partial charge is 0.507 e. The Balaban J connectivity index is 1.80. The summed E-state index contributed by atoms with van der Waals surface area (Å²) in [6, 6.07) is 6.02. The molecule has 0 radical (unpaired) electrons. The molecule has 3 aromatic rings. The van der Waals surface area contributed by atoms with Gasteiger partial charge >= 0.3 is 0 Å². The van der Waals surface area contributed by atoms with Crippen molar-refractivity contribution in [2.75, 3.05) is 13.2 Å². The van der Waals surface area contributed by atoms with Crippen molar-refractivity contribution in [1.29, 1.82) is 0 Å². The normalized spacial score (nSPS) is 24.4. The van der Waals surface area contributed by atoms with E-state index in [-0.39, 0.29) is 46.1 Å². The molecule has 0 aliphatic carbocycles. The molecular weight excluding hydrogens is 468 g/mol. The van der Waals surface area contributed by atoms with Gasteiger partial charge in [0.25, 0.3) is 0 Å². The van der Waals surface area contributed by atoms with Crippen LogP contribution in [0.3, 0.4) is 0 Å². The van der Waals surface area contributed by atoms with E-state index in [9.17, 15) is 40.5 Å². The van der Waals surface area contributed by atoms with E-state index in [0.717, 1.165) is 12.1 Å². The first-order valence-corrected chi connectivity index (χ1v) is 10.6. The first-order valence-electron chi connectivity index (χ1n) is 10.6. The SMILES string of the molecule is CCOc1c(-c2ccc(O)c(O)c2)oc2cc(O[C@@H]3O[C@H](CO)[C@@H](O)[C@H](O)[C@H]3O)cc(O)c2c1=O. The van der Waals surface area contributed by atoms with E-state index in [1.165, 1.54) is 18.2 Å². The van der Waals surface area contributed by atoms with Crippen LogP contribution in [0, 0.1) is 0 Å². The zero-order chi connectivity index (χ0) is 25.4. The molecule has 2 aromatic carbocycles. The molecule has 1 aliphatic heterocycles. The summed E-state index contributed by atoms with van der Waals surface area (Å²) in [6.07, 6.45) is -7.72. The quantitative estimate of drug-likeness (QED) is 0.230. The summed E-state index contributed by atoms with van der Waals surface area (Å²) >= 11 is 0. The van der Waals surface area contributed by atoms with Gasteiger partial charge in [-0.05, 0) is 25.1 Å². The van der Waals surface area contributed by atoms with Crippen LogP contribution in [0.1, 0.15) is 6.92 Å². The highest BCUT2D eigenvalue weighted by Crippen LogP contribution is 2.39. The summed E-state index contributed by atoms with van der Waals surface area (Å²) in [5.74, 6) is -1.85. The van der Waals surface area contributed by atoms with E-state index < -0.39 is 54.2 Å². The molecule has 0 amide bonds. The smallest absolute Gasteiger partial charge is 0.239 e. The summed E-state index contributed by atoms with van der Waals surface area (Å²) in [7, 11) is 0. The van der Waals surface area contributed by atoms with Crippen molar-refractivity contribution in [2.24, 2.45) is 0 Å². The number of hydrogen-bond donors (Lipinski definition) is 7. The van der Waals surface area contributed by atoms with Crippen molar-refractivity contribution < 1.29 is 54.4 Å². The zero-order valence-corrected chi connectivity index (χ0v) is 18.4. The maximum atomic E-state index is 13.1. The van der Waals surface area contributed by atoms with Crippen LogP contribution in [-0.4, -0.2) is 79.7 Å². The van der Waals surface area contributed by atoms with Crippen molar-refractivity contribution >= 4 is 11.0 Å². The van der Waals surface area contributed by atoms with Crippen LogP contribution in [0.2, 0.25) is 0 Å². The molecule has 0 saturated carbocycles. The topological polar surface area (TPSA) is 200 Å². The number of phenols is 3. The lowest BCUT2D eigenvalue weighted by molar-refractivity contribution is -0.277. The number of hydrogen-bond acceptors (Lipinski definition) is 12. The van der Waals surface area contributed by atoms with E-state index in [1.807, 2.05) is 0 Å². The van der Waals surface area contributed by atoms with E-state index in [2.05, 4.69) is 0 Å². The number of fused-ring (bicyclic) bond motifs is 1. The Kier molecular flexibility index (Phi) is 6.74. The Bertz CT molecular complexity index is 1280. The second-order valence-electron chi connectivity index (χ2n) is 7.86. The minimum absolute atomic E-state index is 0.0897. The Morgan fingerprint density at radius 1 is 0.943 bits per heavy atom. The number of aliphatic hydroxyl groups excluding tert-OH is 4. The molecule has 1 aromatic heterocycles. The second-order valence-corrected chi connectivity index (χ2v) is 7.86. The lowest BCUT2D eigenvalue weighted by Crippen LogP contribution is -2.60. The van der Waals surface area contributed by atoms with E-state index >= 15 is 0 Å². The van der Waals surface area contributed by atoms with E-state index in [1.54, 1.807) is 6.92 Å². The summed E-state index contributed by atoms with van der Waals surface area (Å²) in [4.78, 5) is 13.1. The average Bonchev–Trinajstić information content (AvgIpc) is 2.82. The van der Waals surface area contributed by atoms with Crippen LogP contribution in [0.25, 0.3) is 22.3 Å². The maximum Gasteiger partial charge on any atom is 0.239 e. The fraction of sp³-hybridized carbons (Fsp3) is 0.348. The van der Waals surface area contributed by atoms with Gasteiger partial charge in [0.2, 0.25) is 17.5 Å². The lowest BCUT2D eigenvalue weighted by atomic mass is 9.99. The van der Waals surface area contributed by atoms with Gasteiger partial charge in [-0.3, -0.25) is 4.79 Å². The fourth-order valence-electron chi connectivity index (χ4n) is 3.75. The molecule has 35 heavy (non-hydrogen) atoms. The van der Waals surface area contributed by atoms with Gasteiger partial charge in [0.15, 0.2) is 17.3 Å². The predicted octanol–water partition coefficient (Wildman–Crippen LogP) is 0.154. The van der Waals surface area contributed by atoms with Crippen molar-refractivity contribution in [3.63, 3.8) is 0 Å². The third kappa shape index (κ3) is 4.45. The zero-order valence-electron chi connectivity index (χ0n) is 18.4. The molecule has 12 nitrogen and oxygen atoms in total. The Labute approximate surface area is 197 Å².